The van der Waals surface area contributed by atoms with Crippen molar-refractivity contribution in [2.75, 3.05) is 32.4 Å². The summed E-state index contributed by atoms with van der Waals surface area (Å²) in [7, 11) is -1.86. The second-order valence-corrected chi connectivity index (χ2v) is 12.7. The van der Waals surface area contributed by atoms with Crippen LogP contribution < -0.4 is 10.6 Å². The van der Waals surface area contributed by atoms with Crippen LogP contribution in [0.5, 0.6) is 0 Å². The molecule has 2 atom stereocenters. The summed E-state index contributed by atoms with van der Waals surface area (Å²) in [4.78, 5) is 47.9. The Hall–Kier alpha value is -3.13. The number of likely N-dealkylation sites (N-methyl/N-ethyl adjacent to an activating group) is 1. The minimum atomic E-state index is -3.87. The number of aromatic amines is 1. The first kappa shape index (κ1) is 25.5. The first-order chi connectivity index (χ1) is 17.6. The average Bonchev–Trinajstić information content (AvgIpc) is 3.55. The lowest BCUT2D eigenvalue weighted by Gasteiger charge is -2.20. The van der Waals surface area contributed by atoms with Gasteiger partial charge in [-0.1, -0.05) is 11.6 Å². The molecular weight excluding hydrogens is 516 g/mol. The Balaban J connectivity index is 1.35. The van der Waals surface area contributed by atoms with Crippen LogP contribution in [0.25, 0.3) is 10.9 Å². The quantitative estimate of drug-likeness (QED) is 0.371. The number of hydrogen-bond acceptors (Lipinski definition) is 8. The number of aldehydes is 1. The van der Waals surface area contributed by atoms with Crippen molar-refractivity contribution in [2.24, 2.45) is 0 Å². The summed E-state index contributed by atoms with van der Waals surface area (Å²) < 4.78 is 26.3. The minimum Gasteiger partial charge on any atom is -0.351 e. The maximum atomic E-state index is 13.1. The number of nitrogens with zero attached hydrogens (tertiary/aromatic N) is 3. The van der Waals surface area contributed by atoms with Crippen LogP contribution in [0.1, 0.15) is 36.4 Å². The van der Waals surface area contributed by atoms with Crippen molar-refractivity contribution in [1.29, 1.82) is 0 Å². The molecule has 5 rings (SSSR count). The number of aryl methyl sites for hydroxylation is 1. The molecule has 196 valence electrons. The van der Waals surface area contributed by atoms with E-state index >= 15 is 0 Å². The zero-order valence-electron chi connectivity index (χ0n) is 20.5. The highest BCUT2D eigenvalue weighted by molar-refractivity contribution is 7.89. The number of H-pyrrole nitrogens is 1. The van der Waals surface area contributed by atoms with Crippen LogP contribution in [0.4, 0.5) is 0 Å². The predicted molar refractivity (Wildman–Crippen MR) is 139 cm³/mol. The summed E-state index contributed by atoms with van der Waals surface area (Å²) in [5, 5.41) is 6.95. The van der Waals surface area contributed by atoms with E-state index in [2.05, 4.69) is 25.5 Å². The fourth-order valence-electron chi connectivity index (χ4n) is 4.75. The van der Waals surface area contributed by atoms with E-state index in [0.29, 0.717) is 17.0 Å². The van der Waals surface area contributed by atoms with Crippen LogP contribution in [-0.2, 0) is 27.8 Å². The molecule has 1 saturated heterocycles. The van der Waals surface area contributed by atoms with Crippen LogP contribution >= 0.6 is 11.3 Å². The van der Waals surface area contributed by atoms with Crippen molar-refractivity contribution in [3.05, 3.63) is 51.1 Å². The number of carbonyl (C=O) groups excluding carboxylic acids is 3. The molecule has 0 saturated carbocycles. The van der Waals surface area contributed by atoms with Gasteiger partial charge in [0.05, 0.1) is 17.8 Å². The number of carbonyl (C=O) groups is 3. The Morgan fingerprint density at radius 1 is 1.19 bits per heavy atom. The zero-order valence-corrected chi connectivity index (χ0v) is 22.1. The number of thiazole rings is 1. The second-order valence-electron chi connectivity index (χ2n) is 9.57. The van der Waals surface area contributed by atoms with Crippen LogP contribution in [0.2, 0.25) is 0 Å². The third-order valence-corrected chi connectivity index (χ3v) is 9.45. The van der Waals surface area contributed by atoms with Gasteiger partial charge in [-0.15, -0.1) is 11.3 Å². The molecule has 2 aliphatic heterocycles. The molecule has 1 aromatic carbocycles. The monoisotopic (exact) mass is 544 g/mol. The highest BCUT2D eigenvalue weighted by Crippen LogP contribution is 2.25. The maximum Gasteiger partial charge on any atom is 0.280 e. The highest BCUT2D eigenvalue weighted by atomic mass is 32.2. The molecule has 0 radical (unpaired) electrons. The van der Waals surface area contributed by atoms with E-state index in [9.17, 15) is 22.8 Å². The third-order valence-electron chi connectivity index (χ3n) is 6.73. The van der Waals surface area contributed by atoms with E-state index in [1.165, 1.54) is 11.3 Å². The molecule has 0 bridgehead atoms. The first-order valence-electron chi connectivity index (χ1n) is 11.9. The van der Waals surface area contributed by atoms with Crippen molar-refractivity contribution >= 4 is 50.4 Å². The lowest BCUT2D eigenvalue weighted by atomic mass is 10.1. The van der Waals surface area contributed by atoms with Gasteiger partial charge in [-0.3, -0.25) is 9.59 Å². The summed E-state index contributed by atoms with van der Waals surface area (Å²) in [6, 6.07) is 6.12. The molecule has 11 nitrogen and oxygen atoms in total. The van der Waals surface area contributed by atoms with Gasteiger partial charge in [0.15, 0.2) is 5.01 Å². The van der Waals surface area contributed by atoms with E-state index in [-0.39, 0.29) is 13.1 Å². The molecule has 3 aromatic rings. The van der Waals surface area contributed by atoms with Crippen LogP contribution in [-0.4, -0.2) is 90.2 Å². The van der Waals surface area contributed by atoms with Gasteiger partial charge >= 0.3 is 0 Å². The summed E-state index contributed by atoms with van der Waals surface area (Å²) in [6.07, 6.45) is 1.10. The molecule has 0 aliphatic carbocycles. The Morgan fingerprint density at radius 3 is 2.65 bits per heavy atom. The SMILES string of the molecule is Cc1ccc2[nH]c(C(=O)N[C@@H]3CN(S(=O)(=O)CC=O)C[C@H]3NC(=O)c3nc4c(s3)CN(C)CC4)cc2c1. The van der Waals surface area contributed by atoms with Crippen molar-refractivity contribution in [1.82, 2.24) is 29.8 Å². The summed E-state index contributed by atoms with van der Waals surface area (Å²) >= 11 is 1.33. The molecule has 37 heavy (non-hydrogen) atoms. The predicted octanol–water partition coefficient (Wildman–Crippen LogP) is 0.662. The molecule has 2 aliphatic rings. The maximum absolute atomic E-state index is 13.1. The zero-order chi connectivity index (χ0) is 26.3. The Bertz CT molecular complexity index is 1480. The number of nitrogens with one attached hydrogen (secondary N) is 3. The van der Waals surface area contributed by atoms with E-state index in [0.717, 1.165) is 50.9 Å². The van der Waals surface area contributed by atoms with Gasteiger partial charge in [0, 0.05) is 48.4 Å². The standard InChI is InChI=1S/C24H28N6O5S2/c1-14-3-4-16-15(9-14)10-18(25-16)22(32)26-19-11-30(37(34,35)8-7-31)12-20(19)27-23(33)24-28-17-5-6-29(2)13-21(17)36-24/h3-4,7,9-10,19-20,25H,5-6,8,11-13H2,1-2H3,(H,26,32)(H,27,33)/t19-,20-/m1/s1. The number of fused-ring (bicyclic) bond motifs is 2. The molecule has 13 heteroatoms. The Morgan fingerprint density at radius 2 is 1.92 bits per heavy atom. The molecular formula is C24H28N6O5S2. The van der Waals surface area contributed by atoms with Crippen molar-refractivity contribution in [2.45, 2.75) is 32.0 Å². The molecule has 1 fully saturated rings. The van der Waals surface area contributed by atoms with Gasteiger partial charge in [0.1, 0.15) is 17.7 Å². The second kappa shape index (κ2) is 9.97. The fourth-order valence-corrected chi connectivity index (χ4v) is 7.00. The topological polar surface area (TPSA) is 145 Å². The molecule has 2 amide bonds. The van der Waals surface area contributed by atoms with Gasteiger partial charge < -0.3 is 25.3 Å². The number of rotatable bonds is 7. The number of hydrogen-bond donors (Lipinski definition) is 3. The first-order valence-corrected chi connectivity index (χ1v) is 14.3. The smallest absolute Gasteiger partial charge is 0.280 e. The van der Waals surface area contributed by atoms with Gasteiger partial charge in [-0.2, -0.15) is 4.31 Å². The van der Waals surface area contributed by atoms with E-state index in [1.807, 2.05) is 32.2 Å². The van der Waals surface area contributed by atoms with E-state index in [4.69, 9.17) is 0 Å². The molecule has 4 heterocycles. The van der Waals surface area contributed by atoms with E-state index < -0.39 is 39.7 Å². The lowest BCUT2D eigenvalue weighted by molar-refractivity contribution is -0.105. The average molecular weight is 545 g/mol. The lowest BCUT2D eigenvalue weighted by Crippen LogP contribution is -2.51. The minimum absolute atomic E-state index is 0.0629. The fraction of sp³-hybridized carbons (Fsp3) is 0.417. The summed E-state index contributed by atoms with van der Waals surface area (Å²) in [5.41, 5.74) is 3.11. The van der Waals surface area contributed by atoms with E-state index in [1.54, 1.807) is 6.07 Å². The van der Waals surface area contributed by atoms with Crippen molar-refractivity contribution in [3.8, 4) is 0 Å². The number of sulfonamides is 1. The molecule has 0 spiro atoms. The largest absolute Gasteiger partial charge is 0.351 e. The van der Waals surface area contributed by atoms with Gasteiger partial charge in [-0.05, 0) is 32.2 Å². The molecule has 2 aromatic heterocycles. The summed E-state index contributed by atoms with van der Waals surface area (Å²) in [5.74, 6) is -1.50. The highest BCUT2D eigenvalue weighted by Gasteiger charge is 2.41. The summed E-state index contributed by atoms with van der Waals surface area (Å²) in [6.45, 7) is 3.43. The number of aromatic nitrogens is 2. The number of benzene rings is 1. The number of amides is 2. The van der Waals surface area contributed by atoms with Crippen molar-refractivity contribution < 1.29 is 22.8 Å². The van der Waals surface area contributed by atoms with Crippen molar-refractivity contribution in [3.63, 3.8) is 0 Å². The van der Waals surface area contributed by atoms with Gasteiger partial charge in [-0.25, -0.2) is 13.4 Å². The third kappa shape index (κ3) is 5.30. The molecule has 3 N–H and O–H groups in total. The van der Waals surface area contributed by atoms with Gasteiger partial charge in [0.25, 0.3) is 11.8 Å². The Labute approximate surface area is 218 Å². The Kier molecular flexibility index (Phi) is 6.88. The van der Waals surface area contributed by atoms with Crippen LogP contribution in [0.3, 0.4) is 0 Å². The normalized spacial score (nSPS) is 20.6. The van der Waals surface area contributed by atoms with Crippen LogP contribution in [0.15, 0.2) is 24.3 Å². The molecule has 0 unspecified atom stereocenters. The van der Waals surface area contributed by atoms with Crippen LogP contribution in [0, 0.1) is 6.92 Å². The van der Waals surface area contributed by atoms with Gasteiger partial charge in [0.2, 0.25) is 10.0 Å².